The minimum absolute atomic E-state index is 0.536. The van der Waals surface area contributed by atoms with Crippen molar-refractivity contribution in [2.24, 2.45) is 0 Å². The van der Waals surface area contributed by atoms with Crippen molar-refractivity contribution in [2.75, 3.05) is 26.8 Å². The molecule has 1 aromatic heterocycles. The molecule has 1 heterocycles. The molecule has 0 saturated heterocycles. The van der Waals surface area contributed by atoms with Crippen molar-refractivity contribution in [3.63, 3.8) is 0 Å². The lowest BCUT2D eigenvalue weighted by atomic mass is 9.99. The van der Waals surface area contributed by atoms with Crippen LogP contribution in [-0.4, -0.2) is 31.9 Å². The van der Waals surface area contributed by atoms with Gasteiger partial charge >= 0.3 is 0 Å². The zero-order chi connectivity index (χ0) is 14.6. The van der Waals surface area contributed by atoms with Gasteiger partial charge in [-0.25, -0.2) is 0 Å². The van der Waals surface area contributed by atoms with Crippen molar-refractivity contribution in [1.29, 1.82) is 0 Å². The van der Waals surface area contributed by atoms with Crippen LogP contribution in [0.15, 0.2) is 28.7 Å². The first-order valence-electron chi connectivity index (χ1n) is 6.65. The van der Waals surface area contributed by atoms with Crippen LogP contribution in [0.4, 0.5) is 0 Å². The number of rotatable bonds is 7. The molecule has 0 amide bonds. The molecule has 1 atom stereocenters. The highest BCUT2D eigenvalue weighted by atomic mass is 35.5. The third-order valence-electron chi connectivity index (χ3n) is 3.30. The summed E-state index contributed by atoms with van der Waals surface area (Å²) in [5, 5.41) is 15.2. The zero-order valence-electron chi connectivity index (χ0n) is 11.8. The van der Waals surface area contributed by atoms with E-state index in [2.05, 4.69) is 5.32 Å². The molecule has 0 aliphatic rings. The standard InChI is InChI=1S/C15H20ClNO3/c1-15(18,6-7-17-8-9-19-2)13-10-11-4-3-5-12(16)14(11)20-13/h3-5,10,17-18H,6-9H2,1-2H3. The van der Waals surface area contributed by atoms with Gasteiger partial charge in [0.05, 0.1) is 11.6 Å². The fraction of sp³-hybridized carbons (Fsp3) is 0.467. The normalized spacial score (nSPS) is 14.6. The van der Waals surface area contributed by atoms with Crippen molar-refractivity contribution >= 4 is 22.6 Å². The van der Waals surface area contributed by atoms with Crippen LogP contribution < -0.4 is 5.32 Å². The Balaban J connectivity index is 2.05. The molecule has 0 aliphatic carbocycles. The SMILES string of the molecule is COCCNCCC(C)(O)c1cc2cccc(Cl)c2o1. The van der Waals surface area contributed by atoms with E-state index in [1.807, 2.05) is 18.2 Å². The van der Waals surface area contributed by atoms with Gasteiger partial charge in [-0.2, -0.15) is 0 Å². The number of aliphatic hydroxyl groups is 1. The van der Waals surface area contributed by atoms with Gasteiger partial charge < -0.3 is 19.6 Å². The predicted molar refractivity (Wildman–Crippen MR) is 80.2 cm³/mol. The summed E-state index contributed by atoms with van der Waals surface area (Å²) in [6, 6.07) is 7.40. The second-order valence-corrected chi connectivity index (χ2v) is 5.44. The van der Waals surface area contributed by atoms with E-state index in [9.17, 15) is 5.11 Å². The molecule has 2 aromatic rings. The molecule has 110 valence electrons. The molecule has 0 radical (unpaired) electrons. The Labute approximate surface area is 123 Å². The van der Waals surface area contributed by atoms with Gasteiger partial charge in [0.2, 0.25) is 0 Å². The van der Waals surface area contributed by atoms with Crippen LogP contribution in [0.5, 0.6) is 0 Å². The lowest BCUT2D eigenvalue weighted by molar-refractivity contribution is 0.0268. The summed E-state index contributed by atoms with van der Waals surface area (Å²) in [7, 11) is 1.66. The number of para-hydroxylation sites is 1. The lowest BCUT2D eigenvalue weighted by Gasteiger charge is -2.20. The van der Waals surface area contributed by atoms with E-state index in [0.29, 0.717) is 35.9 Å². The molecule has 5 heteroatoms. The number of furan rings is 1. The summed E-state index contributed by atoms with van der Waals surface area (Å²) >= 11 is 6.08. The maximum Gasteiger partial charge on any atom is 0.153 e. The molecule has 20 heavy (non-hydrogen) atoms. The van der Waals surface area contributed by atoms with Crippen LogP contribution in [0.1, 0.15) is 19.1 Å². The summed E-state index contributed by atoms with van der Waals surface area (Å²) in [4.78, 5) is 0. The maximum atomic E-state index is 10.5. The predicted octanol–water partition coefficient (Wildman–Crippen LogP) is 2.92. The van der Waals surface area contributed by atoms with E-state index in [-0.39, 0.29) is 0 Å². The summed E-state index contributed by atoms with van der Waals surface area (Å²) in [6.45, 7) is 3.85. The minimum Gasteiger partial charge on any atom is -0.456 e. The summed E-state index contributed by atoms with van der Waals surface area (Å²) < 4.78 is 10.7. The monoisotopic (exact) mass is 297 g/mol. The molecule has 2 N–H and O–H groups in total. The highest BCUT2D eigenvalue weighted by molar-refractivity contribution is 6.34. The molecule has 0 saturated carbocycles. The van der Waals surface area contributed by atoms with Crippen LogP contribution >= 0.6 is 11.6 Å². The molecular weight excluding hydrogens is 278 g/mol. The molecule has 0 aliphatic heterocycles. The first-order valence-corrected chi connectivity index (χ1v) is 7.03. The molecule has 0 fully saturated rings. The van der Waals surface area contributed by atoms with Crippen LogP contribution in [0.3, 0.4) is 0 Å². The lowest BCUT2D eigenvalue weighted by Crippen LogP contribution is -2.29. The van der Waals surface area contributed by atoms with Crippen molar-refractivity contribution < 1.29 is 14.3 Å². The summed E-state index contributed by atoms with van der Waals surface area (Å²) in [6.07, 6.45) is 0.550. The van der Waals surface area contributed by atoms with Crippen molar-refractivity contribution in [3.8, 4) is 0 Å². The van der Waals surface area contributed by atoms with Gasteiger partial charge in [0, 0.05) is 19.0 Å². The molecule has 0 bridgehead atoms. The Morgan fingerprint density at radius 1 is 1.40 bits per heavy atom. The smallest absolute Gasteiger partial charge is 0.153 e. The van der Waals surface area contributed by atoms with Gasteiger partial charge in [-0.15, -0.1) is 0 Å². The van der Waals surface area contributed by atoms with E-state index in [1.54, 1.807) is 20.1 Å². The van der Waals surface area contributed by atoms with Gasteiger partial charge in [-0.3, -0.25) is 0 Å². The van der Waals surface area contributed by atoms with Crippen LogP contribution in [0.25, 0.3) is 11.0 Å². The largest absolute Gasteiger partial charge is 0.456 e. The number of halogens is 1. The van der Waals surface area contributed by atoms with Gasteiger partial charge in [-0.05, 0) is 32.0 Å². The van der Waals surface area contributed by atoms with E-state index >= 15 is 0 Å². The Bertz CT molecular complexity index is 565. The van der Waals surface area contributed by atoms with Crippen molar-refractivity contribution in [3.05, 3.63) is 35.0 Å². The zero-order valence-corrected chi connectivity index (χ0v) is 12.5. The Kier molecular flexibility index (Phi) is 5.05. The van der Waals surface area contributed by atoms with E-state index in [4.69, 9.17) is 20.8 Å². The summed E-state index contributed by atoms with van der Waals surface area (Å²) in [5.74, 6) is 0.536. The number of hydrogen-bond donors (Lipinski definition) is 2. The fourth-order valence-electron chi connectivity index (χ4n) is 2.05. The number of nitrogens with one attached hydrogen (secondary N) is 1. The average molecular weight is 298 g/mol. The third kappa shape index (κ3) is 3.52. The number of benzene rings is 1. The quantitative estimate of drug-likeness (QED) is 0.772. The van der Waals surface area contributed by atoms with Crippen LogP contribution in [-0.2, 0) is 10.3 Å². The minimum atomic E-state index is -1.03. The van der Waals surface area contributed by atoms with Gasteiger partial charge in [0.15, 0.2) is 5.58 Å². The topological polar surface area (TPSA) is 54.6 Å². The Morgan fingerprint density at radius 2 is 2.20 bits per heavy atom. The van der Waals surface area contributed by atoms with E-state index < -0.39 is 5.60 Å². The van der Waals surface area contributed by atoms with Crippen molar-refractivity contribution in [2.45, 2.75) is 18.9 Å². The summed E-state index contributed by atoms with van der Waals surface area (Å²) in [5.41, 5.74) is -0.403. The highest BCUT2D eigenvalue weighted by Gasteiger charge is 2.27. The first-order chi connectivity index (χ1) is 9.54. The molecular formula is C15H20ClNO3. The number of fused-ring (bicyclic) bond motifs is 1. The van der Waals surface area contributed by atoms with E-state index in [0.717, 1.165) is 11.9 Å². The Hall–Kier alpha value is -1.07. The maximum absolute atomic E-state index is 10.5. The third-order valence-corrected chi connectivity index (χ3v) is 3.60. The highest BCUT2D eigenvalue weighted by Crippen LogP contribution is 2.33. The van der Waals surface area contributed by atoms with Crippen molar-refractivity contribution in [1.82, 2.24) is 5.32 Å². The molecule has 4 nitrogen and oxygen atoms in total. The molecule has 1 unspecified atom stereocenters. The molecule has 0 spiro atoms. The number of ether oxygens (including phenoxy) is 1. The Morgan fingerprint density at radius 3 is 2.90 bits per heavy atom. The second kappa shape index (κ2) is 6.59. The van der Waals surface area contributed by atoms with Gasteiger partial charge in [0.25, 0.3) is 0 Å². The average Bonchev–Trinajstić information content (AvgIpc) is 2.85. The van der Waals surface area contributed by atoms with E-state index in [1.165, 1.54) is 0 Å². The fourth-order valence-corrected chi connectivity index (χ4v) is 2.27. The molecule has 2 rings (SSSR count). The van der Waals surface area contributed by atoms with Crippen LogP contribution in [0, 0.1) is 0 Å². The first kappa shape index (κ1) is 15.3. The number of methoxy groups -OCH3 is 1. The second-order valence-electron chi connectivity index (χ2n) is 5.04. The van der Waals surface area contributed by atoms with Gasteiger partial charge in [-0.1, -0.05) is 23.7 Å². The van der Waals surface area contributed by atoms with Crippen LogP contribution in [0.2, 0.25) is 5.02 Å². The van der Waals surface area contributed by atoms with Gasteiger partial charge in [0.1, 0.15) is 11.4 Å². The number of hydrogen-bond acceptors (Lipinski definition) is 4. The molecule has 1 aromatic carbocycles.